The monoisotopic (exact) mass is 168 g/mol. The van der Waals surface area contributed by atoms with Crippen molar-refractivity contribution in [3.05, 3.63) is 25.3 Å². The van der Waals surface area contributed by atoms with Crippen molar-refractivity contribution in [2.45, 2.75) is 19.3 Å². The number of hydrogen-bond donors (Lipinski definition) is 0. The molecule has 0 spiro atoms. The molecule has 0 rings (SSSR count). The van der Waals surface area contributed by atoms with E-state index in [1.807, 2.05) is 12.2 Å². The van der Waals surface area contributed by atoms with Gasteiger partial charge in [0.2, 0.25) is 0 Å². The fourth-order valence-corrected chi connectivity index (χ4v) is 1.27. The van der Waals surface area contributed by atoms with Gasteiger partial charge in [-0.3, -0.25) is 0 Å². The average molecular weight is 168 g/mol. The summed E-state index contributed by atoms with van der Waals surface area (Å²) in [5.74, 6) is 0. The lowest BCUT2D eigenvalue weighted by molar-refractivity contribution is -0.884. The van der Waals surface area contributed by atoms with Crippen LogP contribution in [0.4, 0.5) is 0 Å². The molecule has 0 bridgehead atoms. The molecule has 0 aromatic heterocycles. The number of nitrogens with zero attached hydrogens (tertiary/aromatic N) is 1. The molecule has 0 radical (unpaired) electrons. The van der Waals surface area contributed by atoms with Crippen molar-refractivity contribution in [3.8, 4) is 0 Å². The van der Waals surface area contributed by atoms with Gasteiger partial charge in [0.1, 0.15) is 0 Å². The predicted molar refractivity (Wildman–Crippen MR) is 56.1 cm³/mol. The zero-order chi connectivity index (χ0) is 9.45. The Morgan fingerprint density at radius 3 is 2.25 bits per heavy atom. The van der Waals surface area contributed by atoms with Crippen LogP contribution >= 0.6 is 0 Å². The van der Waals surface area contributed by atoms with Crippen LogP contribution in [0.2, 0.25) is 0 Å². The van der Waals surface area contributed by atoms with Gasteiger partial charge in [-0.25, -0.2) is 0 Å². The van der Waals surface area contributed by atoms with Gasteiger partial charge in [-0.2, -0.15) is 0 Å². The molecule has 0 aliphatic heterocycles. The van der Waals surface area contributed by atoms with Gasteiger partial charge in [0.05, 0.1) is 27.2 Å². The third kappa shape index (κ3) is 6.17. The van der Waals surface area contributed by atoms with Crippen LogP contribution in [-0.2, 0) is 0 Å². The molecule has 0 N–H and O–H groups in total. The normalized spacial score (nSPS) is 11.2. The molecule has 0 aromatic rings. The van der Waals surface area contributed by atoms with Crippen molar-refractivity contribution < 1.29 is 4.48 Å². The van der Waals surface area contributed by atoms with E-state index in [4.69, 9.17) is 0 Å². The van der Waals surface area contributed by atoms with E-state index >= 15 is 0 Å². The highest BCUT2D eigenvalue weighted by Gasteiger charge is 2.10. The number of likely N-dealkylation sites (N-methyl/N-ethyl adjacent to an activating group) is 1. The summed E-state index contributed by atoms with van der Waals surface area (Å²) in [5, 5.41) is 0. The summed E-state index contributed by atoms with van der Waals surface area (Å²) in [6.07, 6.45) is 7.68. The third-order valence-corrected chi connectivity index (χ3v) is 2.05. The minimum atomic E-state index is 1.06. The highest BCUT2D eigenvalue weighted by Crippen LogP contribution is 2.03. The highest BCUT2D eigenvalue weighted by atomic mass is 15.3. The van der Waals surface area contributed by atoms with Gasteiger partial charge in [-0.15, -0.1) is 6.58 Å². The first-order valence-electron chi connectivity index (χ1n) is 4.66. The number of quaternary nitrogens is 1. The summed E-state index contributed by atoms with van der Waals surface area (Å²) >= 11 is 0. The summed E-state index contributed by atoms with van der Waals surface area (Å²) in [4.78, 5) is 0. The van der Waals surface area contributed by atoms with E-state index in [1.165, 1.54) is 19.4 Å². The number of unbranched alkanes of at least 4 members (excludes halogenated alkanes) is 2. The van der Waals surface area contributed by atoms with Crippen LogP contribution < -0.4 is 0 Å². The summed E-state index contributed by atoms with van der Waals surface area (Å²) < 4.78 is 1.06. The maximum absolute atomic E-state index is 3.76. The Hall–Kier alpha value is -0.560. The highest BCUT2D eigenvalue weighted by molar-refractivity contribution is 4.66. The van der Waals surface area contributed by atoms with Crippen LogP contribution in [0.3, 0.4) is 0 Å². The first-order valence-corrected chi connectivity index (χ1v) is 4.66. The quantitative estimate of drug-likeness (QED) is 0.311. The second-order valence-corrected chi connectivity index (χ2v) is 3.92. The Balaban J connectivity index is 3.45. The van der Waals surface area contributed by atoms with Crippen molar-refractivity contribution in [3.63, 3.8) is 0 Å². The van der Waals surface area contributed by atoms with Crippen LogP contribution in [-0.4, -0.2) is 31.7 Å². The molecule has 70 valence electrons. The van der Waals surface area contributed by atoms with Crippen LogP contribution in [0.1, 0.15) is 19.3 Å². The molecule has 0 fully saturated rings. The fourth-order valence-electron chi connectivity index (χ4n) is 1.27. The largest absolute Gasteiger partial charge is 0.325 e. The van der Waals surface area contributed by atoms with E-state index in [0.717, 1.165) is 17.4 Å². The molecule has 1 heteroatoms. The first kappa shape index (κ1) is 11.4. The van der Waals surface area contributed by atoms with Gasteiger partial charge >= 0.3 is 0 Å². The molecule has 0 heterocycles. The van der Waals surface area contributed by atoms with Crippen LogP contribution in [0, 0.1) is 0 Å². The molecule has 0 aliphatic carbocycles. The van der Waals surface area contributed by atoms with Gasteiger partial charge in [0, 0.05) is 0 Å². The Morgan fingerprint density at radius 2 is 1.75 bits per heavy atom. The molecule has 0 aliphatic rings. The fraction of sp³-hybridized carbons (Fsp3) is 0.636. The summed E-state index contributed by atoms with van der Waals surface area (Å²) in [7, 11) is 4.49. The van der Waals surface area contributed by atoms with Gasteiger partial charge in [0.25, 0.3) is 0 Å². The molecular formula is C11H22N+. The number of allylic oxidation sites excluding steroid dienone is 1. The minimum absolute atomic E-state index is 1.06. The first-order chi connectivity index (χ1) is 5.62. The third-order valence-electron chi connectivity index (χ3n) is 2.05. The molecule has 0 unspecified atom stereocenters. The SMILES string of the molecule is C=CCCCC[N+](C)(C)CC=C. The van der Waals surface area contributed by atoms with Crippen LogP contribution in [0.5, 0.6) is 0 Å². The molecule has 12 heavy (non-hydrogen) atoms. The second kappa shape index (κ2) is 6.01. The Labute approximate surface area is 77.0 Å². The second-order valence-electron chi connectivity index (χ2n) is 3.92. The van der Waals surface area contributed by atoms with Crippen LogP contribution in [0.15, 0.2) is 25.3 Å². The molecule has 0 amide bonds. The van der Waals surface area contributed by atoms with E-state index in [2.05, 4.69) is 27.3 Å². The Morgan fingerprint density at radius 1 is 1.08 bits per heavy atom. The van der Waals surface area contributed by atoms with E-state index in [0.29, 0.717) is 0 Å². The van der Waals surface area contributed by atoms with Crippen LogP contribution in [0.25, 0.3) is 0 Å². The number of hydrogen-bond acceptors (Lipinski definition) is 0. The predicted octanol–water partition coefficient (Wildman–Crippen LogP) is 2.61. The lowest BCUT2D eigenvalue weighted by Gasteiger charge is -2.28. The summed E-state index contributed by atoms with van der Waals surface area (Å²) in [6, 6.07) is 0. The lowest BCUT2D eigenvalue weighted by Crippen LogP contribution is -2.40. The van der Waals surface area contributed by atoms with E-state index in [1.54, 1.807) is 0 Å². The van der Waals surface area contributed by atoms with Crippen molar-refractivity contribution in [2.24, 2.45) is 0 Å². The summed E-state index contributed by atoms with van der Waals surface area (Å²) in [6.45, 7) is 9.77. The van der Waals surface area contributed by atoms with Gasteiger partial charge < -0.3 is 4.48 Å². The topological polar surface area (TPSA) is 0 Å². The molecule has 0 saturated carbocycles. The van der Waals surface area contributed by atoms with E-state index in [-0.39, 0.29) is 0 Å². The zero-order valence-electron chi connectivity index (χ0n) is 8.55. The lowest BCUT2D eigenvalue weighted by atomic mass is 10.2. The maximum atomic E-state index is 3.76. The van der Waals surface area contributed by atoms with Gasteiger partial charge in [-0.05, 0) is 25.3 Å². The zero-order valence-corrected chi connectivity index (χ0v) is 8.55. The molecule has 0 aromatic carbocycles. The smallest absolute Gasteiger partial charge is 0.0966 e. The molecule has 0 atom stereocenters. The average Bonchev–Trinajstić information content (AvgIpc) is 1.98. The number of rotatable bonds is 7. The molecule has 0 saturated heterocycles. The summed E-state index contributed by atoms with van der Waals surface area (Å²) in [5.41, 5.74) is 0. The van der Waals surface area contributed by atoms with Gasteiger partial charge in [0.15, 0.2) is 0 Å². The van der Waals surface area contributed by atoms with Crippen molar-refractivity contribution in [1.82, 2.24) is 0 Å². The van der Waals surface area contributed by atoms with Crippen molar-refractivity contribution in [1.29, 1.82) is 0 Å². The van der Waals surface area contributed by atoms with Gasteiger partial charge in [-0.1, -0.05) is 12.7 Å². The van der Waals surface area contributed by atoms with E-state index < -0.39 is 0 Å². The molecule has 1 nitrogen and oxygen atoms in total. The standard InChI is InChI=1S/C11H22N/c1-5-7-8-9-11-12(3,4)10-6-2/h5-6H,1-2,7-11H2,3-4H3/q+1. The Kier molecular flexibility index (Phi) is 5.73. The van der Waals surface area contributed by atoms with Crippen molar-refractivity contribution >= 4 is 0 Å². The maximum Gasteiger partial charge on any atom is 0.0966 e. The van der Waals surface area contributed by atoms with Crippen molar-refractivity contribution in [2.75, 3.05) is 27.2 Å². The molecular weight excluding hydrogens is 146 g/mol. The van der Waals surface area contributed by atoms with E-state index in [9.17, 15) is 0 Å². The minimum Gasteiger partial charge on any atom is -0.325 e. The Bertz CT molecular complexity index is 136.